The normalized spacial score (nSPS) is 9.94. The second-order valence-corrected chi connectivity index (χ2v) is 6.68. The molecule has 3 aromatic rings. The molecule has 0 saturated heterocycles. The summed E-state index contributed by atoms with van der Waals surface area (Å²) in [4.78, 5) is 37.0. The van der Waals surface area contributed by atoms with Gasteiger partial charge in [0.25, 0.3) is 11.8 Å². The van der Waals surface area contributed by atoms with Crippen molar-refractivity contribution in [3.05, 3.63) is 95.1 Å². The molecule has 3 aromatic carbocycles. The number of carbonyl (C=O) groups excluding carboxylic acids is 3. The lowest BCUT2D eigenvalue weighted by Gasteiger charge is -2.12. The van der Waals surface area contributed by atoms with Crippen LogP contribution in [0, 0.1) is 18.3 Å². The van der Waals surface area contributed by atoms with Gasteiger partial charge in [-0.1, -0.05) is 24.3 Å². The van der Waals surface area contributed by atoms with Gasteiger partial charge in [-0.3, -0.25) is 9.59 Å². The zero-order chi connectivity index (χ0) is 22.2. The molecule has 0 unspecified atom stereocenters. The smallest absolute Gasteiger partial charge is 0.338 e. The average Bonchev–Trinajstić information content (AvgIpc) is 2.78. The van der Waals surface area contributed by atoms with E-state index < -0.39 is 18.5 Å². The average molecular weight is 413 g/mol. The highest BCUT2D eigenvalue weighted by molar-refractivity contribution is 6.10. The number of benzene rings is 3. The van der Waals surface area contributed by atoms with Gasteiger partial charge in [-0.2, -0.15) is 5.26 Å². The first-order chi connectivity index (χ1) is 15.0. The monoisotopic (exact) mass is 413 g/mol. The summed E-state index contributed by atoms with van der Waals surface area (Å²) >= 11 is 0. The minimum absolute atomic E-state index is 0.227. The van der Waals surface area contributed by atoms with Crippen molar-refractivity contribution < 1.29 is 19.1 Å². The van der Waals surface area contributed by atoms with Crippen molar-refractivity contribution in [2.75, 3.05) is 17.2 Å². The van der Waals surface area contributed by atoms with Gasteiger partial charge in [0.15, 0.2) is 6.61 Å². The Bertz CT molecular complexity index is 1160. The lowest BCUT2D eigenvalue weighted by molar-refractivity contribution is -0.119. The number of nitriles is 1. The van der Waals surface area contributed by atoms with E-state index in [9.17, 15) is 14.4 Å². The number of amides is 2. The lowest BCUT2D eigenvalue weighted by Crippen LogP contribution is -2.23. The first-order valence-corrected chi connectivity index (χ1v) is 9.40. The first kappa shape index (κ1) is 21.3. The van der Waals surface area contributed by atoms with Crippen LogP contribution in [0.25, 0.3) is 0 Å². The number of ether oxygens (including phenoxy) is 1. The highest BCUT2D eigenvalue weighted by atomic mass is 16.5. The van der Waals surface area contributed by atoms with Gasteiger partial charge in [0.05, 0.1) is 28.4 Å². The second kappa shape index (κ2) is 9.85. The molecule has 0 aliphatic heterocycles. The lowest BCUT2D eigenvalue weighted by atomic mass is 10.1. The predicted octanol–water partition coefficient (Wildman–Crippen LogP) is 3.91. The van der Waals surface area contributed by atoms with Gasteiger partial charge in [0.1, 0.15) is 0 Å². The van der Waals surface area contributed by atoms with E-state index in [0.717, 1.165) is 5.56 Å². The maximum Gasteiger partial charge on any atom is 0.338 e. The number of hydrogen-bond acceptors (Lipinski definition) is 5. The van der Waals surface area contributed by atoms with Crippen molar-refractivity contribution in [3.63, 3.8) is 0 Å². The molecule has 0 spiro atoms. The SMILES string of the molecule is Cc1cccc(NC(=O)c2ccccc2NC(=O)COC(=O)c2ccc(C#N)cc2)c1. The van der Waals surface area contributed by atoms with E-state index in [0.29, 0.717) is 16.9 Å². The summed E-state index contributed by atoms with van der Waals surface area (Å²) in [6.45, 7) is 1.40. The molecule has 0 heterocycles. The number of aryl methyl sites for hydroxylation is 1. The summed E-state index contributed by atoms with van der Waals surface area (Å²) in [5.74, 6) is -1.65. The summed E-state index contributed by atoms with van der Waals surface area (Å²) in [7, 11) is 0. The van der Waals surface area contributed by atoms with Crippen LogP contribution in [-0.2, 0) is 9.53 Å². The Balaban J connectivity index is 1.61. The standard InChI is InChI=1S/C24H19N3O4/c1-16-5-4-6-19(13-16)26-23(29)20-7-2-3-8-21(20)27-22(28)15-31-24(30)18-11-9-17(14-25)10-12-18/h2-13H,15H2,1H3,(H,26,29)(H,27,28). The molecule has 0 aromatic heterocycles. The maximum absolute atomic E-state index is 12.7. The van der Waals surface area contributed by atoms with Crippen molar-refractivity contribution in [2.24, 2.45) is 0 Å². The fourth-order valence-electron chi connectivity index (χ4n) is 2.79. The molecular weight excluding hydrogens is 394 g/mol. The van der Waals surface area contributed by atoms with Gasteiger partial charge < -0.3 is 15.4 Å². The molecule has 0 bridgehead atoms. The van der Waals surface area contributed by atoms with Gasteiger partial charge in [-0.25, -0.2) is 4.79 Å². The van der Waals surface area contributed by atoms with Crippen LogP contribution in [-0.4, -0.2) is 24.4 Å². The zero-order valence-corrected chi connectivity index (χ0v) is 16.7. The van der Waals surface area contributed by atoms with Crippen LogP contribution in [0.1, 0.15) is 31.8 Å². The van der Waals surface area contributed by atoms with Crippen molar-refractivity contribution in [2.45, 2.75) is 6.92 Å². The number of carbonyl (C=O) groups is 3. The molecule has 2 amide bonds. The van der Waals surface area contributed by atoms with Gasteiger partial charge in [-0.05, 0) is 61.0 Å². The summed E-state index contributed by atoms with van der Waals surface area (Å²) in [5, 5.41) is 14.2. The summed E-state index contributed by atoms with van der Waals surface area (Å²) in [5.41, 5.74) is 2.85. The third-order valence-electron chi connectivity index (χ3n) is 4.31. The molecule has 0 saturated carbocycles. The van der Waals surface area contributed by atoms with E-state index in [-0.39, 0.29) is 17.0 Å². The van der Waals surface area contributed by atoms with Gasteiger partial charge >= 0.3 is 5.97 Å². The number of nitrogens with one attached hydrogen (secondary N) is 2. The van der Waals surface area contributed by atoms with Crippen molar-refractivity contribution in [1.29, 1.82) is 5.26 Å². The molecule has 2 N–H and O–H groups in total. The van der Waals surface area contributed by atoms with Crippen LogP contribution in [0.4, 0.5) is 11.4 Å². The van der Waals surface area contributed by atoms with Crippen LogP contribution < -0.4 is 10.6 Å². The number of anilines is 2. The van der Waals surface area contributed by atoms with E-state index in [2.05, 4.69) is 10.6 Å². The van der Waals surface area contributed by atoms with Crippen LogP contribution >= 0.6 is 0 Å². The number of nitrogens with zero attached hydrogens (tertiary/aromatic N) is 1. The number of rotatable bonds is 6. The van der Waals surface area contributed by atoms with E-state index >= 15 is 0 Å². The van der Waals surface area contributed by atoms with E-state index in [4.69, 9.17) is 10.00 Å². The van der Waals surface area contributed by atoms with Crippen LogP contribution in [0.15, 0.2) is 72.8 Å². The Morgan fingerprint density at radius 2 is 1.68 bits per heavy atom. The quantitative estimate of drug-likeness (QED) is 0.596. The van der Waals surface area contributed by atoms with Gasteiger partial charge in [0.2, 0.25) is 0 Å². The molecule has 0 fully saturated rings. The second-order valence-electron chi connectivity index (χ2n) is 6.68. The Hall–Kier alpha value is -4.44. The molecule has 0 atom stereocenters. The first-order valence-electron chi connectivity index (χ1n) is 9.40. The maximum atomic E-state index is 12.7. The van der Waals surface area contributed by atoms with E-state index in [1.165, 1.54) is 24.3 Å². The Kier molecular flexibility index (Phi) is 6.76. The summed E-state index contributed by atoms with van der Waals surface area (Å²) in [6, 6.07) is 21.7. The molecule has 154 valence electrons. The van der Waals surface area contributed by atoms with Crippen molar-refractivity contribution in [1.82, 2.24) is 0 Å². The predicted molar refractivity (Wildman–Crippen MR) is 116 cm³/mol. The number of esters is 1. The number of para-hydroxylation sites is 1. The van der Waals surface area contributed by atoms with Crippen LogP contribution in [0.5, 0.6) is 0 Å². The third kappa shape index (κ3) is 5.78. The third-order valence-corrected chi connectivity index (χ3v) is 4.31. The van der Waals surface area contributed by atoms with Crippen molar-refractivity contribution >= 4 is 29.2 Å². The molecule has 0 aliphatic rings. The number of hydrogen-bond donors (Lipinski definition) is 2. The van der Waals surface area contributed by atoms with Gasteiger partial charge in [-0.15, -0.1) is 0 Å². The van der Waals surface area contributed by atoms with Crippen molar-refractivity contribution in [3.8, 4) is 6.07 Å². The molecule has 0 radical (unpaired) electrons. The minimum Gasteiger partial charge on any atom is -0.452 e. The fraction of sp³-hybridized carbons (Fsp3) is 0.0833. The fourth-order valence-corrected chi connectivity index (χ4v) is 2.79. The Morgan fingerprint density at radius 1 is 0.935 bits per heavy atom. The Morgan fingerprint density at radius 3 is 2.39 bits per heavy atom. The van der Waals surface area contributed by atoms with Crippen LogP contribution in [0.2, 0.25) is 0 Å². The topological polar surface area (TPSA) is 108 Å². The minimum atomic E-state index is -0.690. The Labute approximate surface area is 179 Å². The zero-order valence-electron chi connectivity index (χ0n) is 16.7. The largest absolute Gasteiger partial charge is 0.452 e. The molecule has 7 nitrogen and oxygen atoms in total. The van der Waals surface area contributed by atoms with Crippen LogP contribution in [0.3, 0.4) is 0 Å². The molecule has 31 heavy (non-hydrogen) atoms. The van der Waals surface area contributed by atoms with E-state index in [1.807, 2.05) is 31.2 Å². The molecule has 7 heteroatoms. The van der Waals surface area contributed by atoms with Gasteiger partial charge in [0, 0.05) is 5.69 Å². The van der Waals surface area contributed by atoms with E-state index in [1.54, 1.807) is 30.3 Å². The highest BCUT2D eigenvalue weighted by Gasteiger charge is 2.15. The summed E-state index contributed by atoms with van der Waals surface area (Å²) in [6.07, 6.45) is 0. The molecule has 0 aliphatic carbocycles. The molecule has 3 rings (SSSR count). The highest BCUT2D eigenvalue weighted by Crippen LogP contribution is 2.18. The summed E-state index contributed by atoms with van der Waals surface area (Å²) < 4.78 is 5.01. The molecular formula is C24H19N3O4.